The van der Waals surface area contributed by atoms with Crippen LogP contribution in [0.15, 0.2) is 64.4 Å². The van der Waals surface area contributed by atoms with E-state index in [4.69, 9.17) is 9.47 Å². The predicted octanol–water partition coefficient (Wildman–Crippen LogP) is 2.91. The summed E-state index contributed by atoms with van der Waals surface area (Å²) in [5, 5.41) is 0. The molecule has 1 aliphatic heterocycles. The van der Waals surface area contributed by atoms with E-state index in [1.165, 1.54) is 23.5 Å². The molecule has 0 amide bonds. The predicted molar refractivity (Wildman–Crippen MR) is 95.3 cm³/mol. The van der Waals surface area contributed by atoms with E-state index >= 15 is 0 Å². The molecular weight excluding hydrogens is 360 g/mol. The van der Waals surface area contributed by atoms with Crippen LogP contribution in [0.25, 0.3) is 10.2 Å². The molecule has 8 heteroatoms. The lowest BCUT2D eigenvalue weighted by atomic mass is 10.3. The van der Waals surface area contributed by atoms with Crippen LogP contribution in [0, 0.1) is 0 Å². The minimum absolute atomic E-state index is 0.159. The molecule has 6 nitrogen and oxygen atoms in total. The fourth-order valence-electron chi connectivity index (χ4n) is 2.58. The van der Waals surface area contributed by atoms with Crippen LogP contribution in [-0.4, -0.2) is 19.8 Å². The smallest absolute Gasteiger partial charge is 0.285 e. The normalized spacial score (nSPS) is 14.2. The third-order valence-electron chi connectivity index (χ3n) is 3.73. The van der Waals surface area contributed by atoms with Gasteiger partial charge < -0.3 is 14.0 Å². The molecule has 0 atom stereocenters. The van der Waals surface area contributed by atoms with Gasteiger partial charge in [0.2, 0.25) is 11.6 Å². The van der Waals surface area contributed by atoms with Crippen LogP contribution >= 0.6 is 11.3 Å². The number of aromatic nitrogens is 1. The number of hydrogen-bond donors (Lipinski definition) is 0. The Balaban J connectivity index is 1.95. The van der Waals surface area contributed by atoms with Gasteiger partial charge in [0, 0.05) is 18.7 Å². The van der Waals surface area contributed by atoms with Crippen molar-refractivity contribution < 1.29 is 17.9 Å². The van der Waals surface area contributed by atoms with Gasteiger partial charge in [0.15, 0.2) is 11.5 Å². The van der Waals surface area contributed by atoms with Gasteiger partial charge in [0.25, 0.3) is 10.0 Å². The Bertz CT molecular complexity index is 1130. The summed E-state index contributed by atoms with van der Waals surface area (Å²) in [6.07, 6.45) is 1.70. The molecule has 2 heterocycles. The van der Waals surface area contributed by atoms with Gasteiger partial charge in [0.05, 0.1) is 15.1 Å². The Kier molecular flexibility index (Phi) is 3.85. The molecule has 25 heavy (non-hydrogen) atoms. The van der Waals surface area contributed by atoms with Crippen molar-refractivity contribution in [1.82, 2.24) is 4.57 Å². The summed E-state index contributed by atoms with van der Waals surface area (Å²) < 4.78 is 42.7. The lowest BCUT2D eigenvalue weighted by Gasteiger charge is -2.02. The molecule has 2 aromatic carbocycles. The molecule has 0 N–H and O–H groups in total. The average Bonchev–Trinajstić information content (AvgIpc) is 3.18. The molecule has 0 unspecified atom stereocenters. The monoisotopic (exact) mass is 374 g/mol. The van der Waals surface area contributed by atoms with E-state index in [2.05, 4.69) is 11.0 Å². The van der Waals surface area contributed by atoms with Crippen molar-refractivity contribution in [2.75, 3.05) is 6.79 Å². The van der Waals surface area contributed by atoms with Gasteiger partial charge in [-0.2, -0.15) is 8.42 Å². The first-order valence-corrected chi connectivity index (χ1v) is 9.74. The van der Waals surface area contributed by atoms with Crippen molar-refractivity contribution in [3.05, 3.63) is 59.9 Å². The highest BCUT2D eigenvalue weighted by atomic mass is 32.2. The molecule has 0 saturated carbocycles. The van der Waals surface area contributed by atoms with Crippen molar-refractivity contribution >= 4 is 31.6 Å². The van der Waals surface area contributed by atoms with Gasteiger partial charge in [0.1, 0.15) is 0 Å². The highest BCUT2D eigenvalue weighted by molar-refractivity contribution is 7.90. The average molecular weight is 374 g/mol. The summed E-state index contributed by atoms with van der Waals surface area (Å²) in [4.78, 5) is 0.536. The minimum Gasteiger partial charge on any atom is -0.454 e. The van der Waals surface area contributed by atoms with E-state index in [0.29, 0.717) is 22.8 Å². The molecule has 0 aliphatic carbocycles. The fraction of sp³-hybridized carbons (Fsp3) is 0.118. The molecule has 0 saturated heterocycles. The third-order valence-corrected chi connectivity index (χ3v) is 6.17. The summed E-state index contributed by atoms with van der Waals surface area (Å²) in [6, 6.07) is 11.8. The molecule has 0 spiro atoms. The van der Waals surface area contributed by atoms with E-state index in [1.807, 2.05) is 12.1 Å². The van der Waals surface area contributed by atoms with Gasteiger partial charge in [-0.05, 0) is 12.1 Å². The molecule has 3 aromatic rings. The highest BCUT2D eigenvalue weighted by Crippen LogP contribution is 2.37. The van der Waals surface area contributed by atoms with Crippen LogP contribution in [0.1, 0.15) is 0 Å². The lowest BCUT2D eigenvalue weighted by molar-refractivity contribution is 0.174. The number of fused-ring (bicyclic) bond motifs is 2. The maximum atomic E-state index is 12.6. The van der Waals surface area contributed by atoms with E-state index < -0.39 is 10.0 Å². The van der Waals surface area contributed by atoms with Gasteiger partial charge >= 0.3 is 0 Å². The first-order chi connectivity index (χ1) is 12.1. The van der Waals surface area contributed by atoms with E-state index in [0.717, 1.165) is 10.2 Å². The summed E-state index contributed by atoms with van der Waals surface area (Å²) in [6.45, 7) is 4.37. The molecule has 0 radical (unpaired) electrons. The first-order valence-electron chi connectivity index (χ1n) is 7.48. The van der Waals surface area contributed by atoms with Crippen LogP contribution in [-0.2, 0) is 16.6 Å². The number of sulfonamides is 1. The first kappa shape index (κ1) is 15.9. The minimum atomic E-state index is -3.80. The summed E-state index contributed by atoms with van der Waals surface area (Å²) in [5.74, 6) is 1.29. The summed E-state index contributed by atoms with van der Waals surface area (Å²) >= 11 is 1.29. The Labute approximate surface area is 148 Å². The number of benzene rings is 2. The van der Waals surface area contributed by atoms with Crippen molar-refractivity contribution in [1.29, 1.82) is 0 Å². The molecular formula is C17H14N2O4S2. The Morgan fingerprint density at radius 3 is 2.64 bits per heavy atom. The van der Waals surface area contributed by atoms with Crippen molar-refractivity contribution in [2.24, 2.45) is 4.40 Å². The number of allylic oxidation sites excluding steroid dienone is 1. The Morgan fingerprint density at radius 1 is 1.20 bits per heavy atom. The zero-order chi connectivity index (χ0) is 17.4. The largest absolute Gasteiger partial charge is 0.454 e. The van der Waals surface area contributed by atoms with Crippen molar-refractivity contribution in [2.45, 2.75) is 11.4 Å². The zero-order valence-electron chi connectivity index (χ0n) is 13.1. The molecule has 128 valence electrons. The lowest BCUT2D eigenvalue weighted by Crippen LogP contribution is -2.16. The van der Waals surface area contributed by atoms with Crippen LogP contribution in [0.3, 0.4) is 0 Å². The fourth-order valence-corrected chi connectivity index (χ4v) is 4.86. The van der Waals surface area contributed by atoms with Gasteiger partial charge in [-0.3, -0.25) is 0 Å². The van der Waals surface area contributed by atoms with Gasteiger partial charge in [-0.1, -0.05) is 35.6 Å². The molecule has 4 rings (SSSR count). The second-order valence-electron chi connectivity index (χ2n) is 5.34. The SMILES string of the molecule is C=CCn1/c(=N/S(=O)(=O)c2ccccc2)sc2cc3c(cc21)OCO3. The summed E-state index contributed by atoms with van der Waals surface area (Å²) in [7, 11) is -3.80. The zero-order valence-corrected chi connectivity index (χ0v) is 14.7. The van der Waals surface area contributed by atoms with Crippen molar-refractivity contribution in [3.63, 3.8) is 0 Å². The quantitative estimate of drug-likeness (QED) is 0.659. The van der Waals surface area contributed by atoms with Gasteiger partial charge in [-0.25, -0.2) is 0 Å². The number of ether oxygens (including phenoxy) is 2. The molecule has 0 fully saturated rings. The van der Waals surface area contributed by atoms with E-state index in [1.54, 1.807) is 28.8 Å². The van der Waals surface area contributed by atoms with Crippen LogP contribution in [0.4, 0.5) is 0 Å². The van der Waals surface area contributed by atoms with Gasteiger partial charge in [-0.15, -0.1) is 11.0 Å². The van der Waals surface area contributed by atoms with Crippen LogP contribution in [0.2, 0.25) is 0 Å². The number of rotatable bonds is 4. The molecule has 1 aromatic heterocycles. The number of thiazole rings is 1. The highest BCUT2D eigenvalue weighted by Gasteiger charge is 2.19. The third kappa shape index (κ3) is 2.83. The Morgan fingerprint density at radius 2 is 1.92 bits per heavy atom. The second-order valence-corrected chi connectivity index (χ2v) is 7.95. The maximum absolute atomic E-state index is 12.6. The van der Waals surface area contributed by atoms with Crippen LogP contribution in [0.5, 0.6) is 11.5 Å². The standard InChI is InChI=1S/C17H14N2O4S2/c1-2-8-19-13-9-14-15(23-11-22-14)10-16(13)24-17(19)18-25(20,21)12-6-4-3-5-7-12/h2-7,9-10H,1,8,11H2/b18-17-. The molecule has 1 aliphatic rings. The topological polar surface area (TPSA) is 69.9 Å². The van der Waals surface area contributed by atoms with E-state index in [9.17, 15) is 8.42 Å². The Hall–Kier alpha value is -2.58. The number of nitrogens with zero attached hydrogens (tertiary/aromatic N) is 2. The second kappa shape index (κ2) is 6.05. The van der Waals surface area contributed by atoms with Crippen LogP contribution < -0.4 is 14.3 Å². The van der Waals surface area contributed by atoms with Crippen molar-refractivity contribution in [3.8, 4) is 11.5 Å². The molecule has 0 bridgehead atoms. The van der Waals surface area contributed by atoms with E-state index in [-0.39, 0.29) is 11.7 Å². The number of hydrogen-bond acceptors (Lipinski definition) is 5. The maximum Gasteiger partial charge on any atom is 0.285 e. The summed E-state index contributed by atoms with van der Waals surface area (Å²) in [5.41, 5.74) is 0.830.